The molecule has 0 fully saturated rings. The Balaban J connectivity index is 0.00000192. The molecule has 0 aliphatic heterocycles. The molecule has 11 heteroatoms. The summed E-state index contributed by atoms with van der Waals surface area (Å²) in [5.74, 6) is 1.15. The van der Waals surface area contributed by atoms with E-state index >= 15 is 0 Å². The van der Waals surface area contributed by atoms with E-state index in [1.165, 1.54) is 6.33 Å². The first-order chi connectivity index (χ1) is 10.8. The van der Waals surface area contributed by atoms with Gasteiger partial charge in [-0.05, 0) is 30.3 Å². The highest BCUT2D eigenvalue weighted by atomic mass is 35.5. The molecule has 7 nitrogen and oxygen atoms in total. The Morgan fingerprint density at radius 1 is 1.12 bits per heavy atom. The molecule has 0 radical (unpaired) electrons. The summed E-state index contributed by atoms with van der Waals surface area (Å²) in [6.07, 6.45) is 3.10. The zero-order valence-electron chi connectivity index (χ0n) is 12.8. The standard InChI is InChI=1S/C14H14ClN7.3ClH/c15-9-1-3-10(4-2-9)19-12(7-16)14-20-13(21-22-14)11-5-6-17-8-18-11;;;/h1-6,8,12,19H,7,16H2,(H,20,21,22);3*1H/t12-;;;/m1.../s1. The molecular formula is C14H17Cl4N7. The molecule has 0 amide bonds. The van der Waals surface area contributed by atoms with Crippen molar-refractivity contribution in [2.24, 2.45) is 5.73 Å². The molecule has 1 aromatic carbocycles. The van der Waals surface area contributed by atoms with E-state index in [-0.39, 0.29) is 43.3 Å². The van der Waals surface area contributed by atoms with E-state index in [4.69, 9.17) is 17.3 Å². The molecule has 0 aliphatic carbocycles. The van der Waals surface area contributed by atoms with Crippen LogP contribution in [0.4, 0.5) is 5.69 Å². The first kappa shape index (κ1) is 23.4. The molecular weight excluding hydrogens is 408 g/mol. The second-order valence-electron chi connectivity index (χ2n) is 4.58. The summed E-state index contributed by atoms with van der Waals surface area (Å²) in [4.78, 5) is 12.4. The maximum absolute atomic E-state index is 5.88. The van der Waals surface area contributed by atoms with E-state index in [0.717, 1.165) is 5.69 Å². The minimum absolute atomic E-state index is 0. The van der Waals surface area contributed by atoms with Crippen molar-refractivity contribution >= 4 is 54.5 Å². The molecule has 0 saturated carbocycles. The third kappa shape index (κ3) is 5.98. The van der Waals surface area contributed by atoms with Gasteiger partial charge in [0.1, 0.15) is 17.8 Å². The van der Waals surface area contributed by atoms with Crippen molar-refractivity contribution in [2.75, 3.05) is 11.9 Å². The second kappa shape index (κ2) is 11.1. The van der Waals surface area contributed by atoms with Gasteiger partial charge in [0.15, 0.2) is 5.82 Å². The zero-order chi connectivity index (χ0) is 15.4. The number of benzene rings is 1. The van der Waals surface area contributed by atoms with Crippen LogP contribution in [0.3, 0.4) is 0 Å². The molecule has 0 bridgehead atoms. The lowest BCUT2D eigenvalue weighted by Crippen LogP contribution is -2.21. The van der Waals surface area contributed by atoms with Gasteiger partial charge in [-0.25, -0.2) is 15.0 Å². The lowest BCUT2D eigenvalue weighted by Gasteiger charge is -2.15. The summed E-state index contributed by atoms with van der Waals surface area (Å²) >= 11 is 5.88. The quantitative estimate of drug-likeness (QED) is 0.580. The highest BCUT2D eigenvalue weighted by Crippen LogP contribution is 2.20. The number of nitrogens with two attached hydrogens (primary N) is 1. The smallest absolute Gasteiger partial charge is 0.199 e. The number of nitrogens with zero attached hydrogens (tertiary/aromatic N) is 4. The molecule has 2 heterocycles. The largest absolute Gasteiger partial charge is 0.374 e. The summed E-state index contributed by atoms with van der Waals surface area (Å²) < 4.78 is 0. The maximum Gasteiger partial charge on any atom is 0.199 e. The number of nitrogens with one attached hydrogen (secondary N) is 2. The Morgan fingerprint density at radius 3 is 2.44 bits per heavy atom. The summed E-state index contributed by atoms with van der Waals surface area (Å²) in [5.41, 5.74) is 7.38. The lowest BCUT2D eigenvalue weighted by atomic mass is 10.2. The van der Waals surface area contributed by atoms with Gasteiger partial charge in [0.05, 0.1) is 6.04 Å². The first-order valence-electron chi connectivity index (χ1n) is 6.67. The van der Waals surface area contributed by atoms with Crippen LogP contribution in [0.25, 0.3) is 11.5 Å². The van der Waals surface area contributed by atoms with Crippen LogP contribution in [0.2, 0.25) is 5.02 Å². The lowest BCUT2D eigenvalue weighted by molar-refractivity contribution is 0.730. The zero-order valence-corrected chi connectivity index (χ0v) is 16.0. The number of aromatic nitrogens is 5. The Kier molecular flexibility index (Phi) is 10.3. The van der Waals surface area contributed by atoms with Gasteiger partial charge in [-0.15, -0.1) is 37.2 Å². The van der Waals surface area contributed by atoms with Crippen LogP contribution in [0, 0.1) is 0 Å². The minimum atomic E-state index is -0.190. The average Bonchev–Trinajstić information content (AvgIpc) is 3.05. The number of hydrogen-bond donors (Lipinski definition) is 3. The van der Waals surface area contributed by atoms with E-state index in [1.807, 2.05) is 24.3 Å². The van der Waals surface area contributed by atoms with Crippen molar-refractivity contribution in [1.29, 1.82) is 0 Å². The van der Waals surface area contributed by atoms with E-state index in [2.05, 4.69) is 30.5 Å². The summed E-state index contributed by atoms with van der Waals surface area (Å²) in [7, 11) is 0. The normalized spacial score (nSPS) is 10.6. The van der Waals surface area contributed by atoms with Crippen molar-refractivity contribution in [1.82, 2.24) is 25.1 Å². The summed E-state index contributed by atoms with van der Waals surface area (Å²) in [5, 5.41) is 11.0. The van der Waals surface area contributed by atoms with Crippen molar-refractivity contribution in [3.63, 3.8) is 0 Å². The summed E-state index contributed by atoms with van der Waals surface area (Å²) in [6.45, 7) is 0.362. The van der Waals surface area contributed by atoms with Gasteiger partial charge < -0.3 is 11.1 Å². The molecule has 0 aliphatic rings. The van der Waals surface area contributed by atoms with Crippen molar-refractivity contribution < 1.29 is 0 Å². The van der Waals surface area contributed by atoms with Crippen LogP contribution in [0.1, 0.15) is 11.9 Å². The number of rotatable bonds is 5. The molecule has 3 rings (SSSR count). The van der Waals surface area contributed by atoms with Gasteiger partial charge in [0.2, 0.25) is 0 Å². The fourth-order valence-electron chi connectivity index (χ4n) is 1.95. The summed E-state index contributed by atoms with van der Waals surface area (Å²) in [6, 6.07) is 8.94. The van der Waals surface area contributed by atoms with Gasteiger partial charge in [0.25, 0.3) is 0 Å². The topological polar surface area (TPSA) is 105 Å². The third-order valence-corrected chi connectivity index (χ3v) is 3.32. The number of halogens is 4. The van der Waals surface area contributed by atoms with Crippen LogP contribution < -0.4 is 11.1 Å². The molecule has 0 saturated heterocycles. The van der Waals surface area contributed by atoms with Crippen LogP contribution >= 0.6 is 48.8 Å². The first-order valence-corrected chi connectivity index (χ1v) is 7.05. The maximum atomic E-state index is 5.88. The van der Waals surface area contributed by atoms with E-state index < -0.39 is 0 Å². The van der Waals surface area contributed by atoms with Crippen LogP contribution in [0.5, 0.6) is 0 Å². The highest BCUT2D eigenvalue weighted by Gasteiger charge is 2.15. The fraction of sp³-hybridized carbons (Fsp3) is 0.143. The highest BCUT2D eigenvalue weighted by molar-refractivity contribution is 6.30. The second-order valence-corrected chi connectivity index (χ2v) is 5.01. The third-order valence-electron chi connectivity index (χ3n) is 3.06. The van der Waals surface area contributed by atoms with Gasteiger partial charge in [0, 0.05) is 23.5 Å². The van der Waals surface area contributed by atoms with Crippen LogP contribution in [-0.4, -0.2) is 31.7 Å². The van der Waals surface area contributed by atoms with Gasteiger partial charge in [-0.3, -0.25) is 5.10 Å². The van der Waals surface area contributed by atoms with E-state index in [1.54, 1.807) is 12.3 Å². The Labute approximate surface area is 168 Å². The minimum Gasteiger partial charge on any atom is -0.374 e. The van der Waals surface area contributed by atoms with E-state index in [9.17, 15) is 0 Å². The molecule has 136 valence electrons. The molecule has 3 aromatic rings. The van der Waals surface area contributed by atoms with Crippen molar-refractivity contribution in [3.8, 4) is 11.5 Å². The molecule has 2 aromatic heterocycles. The van der Waals surface area contributed by atoms with Crippen LogP contribution in [0.15, 0.2) is 42.9 Å². The molecule has 1 atom stereocenters. The fourth-order valence-corrected chi connectivity index (χ4v) is 2.08. The Bertz CT molecular complexity index is 736. The predicted molar refractivity (Wildman–Crippen MR) is 106 cm³/mol. The van der Waals surface area contributed by atoms with Crippen molar-refractivity contribution in [3.05, 3.63) is 53.7 Å². The Morgan fingerprint density at radius 2 is 1.84 bits per heavy atom. The monoisotopic (exact) mass is 423 g/mol. The van der Waals surface area contributed by atoms with Gasteiger partial charge in [-0.1, -0.05) is 11.6 Å². The van der Waals surface area contributed by atoms with Gasteiger partial charge >= 0.3 is 0 Å². The molecule has 25 heavy (non-hydrogen) atoms. The van der Waals surface area contributed by atoms with Crippen molar-refractivity contribution in [2.45, 2.75) is 6.04 Å². The number of H-pyrrole nitrogens is 1. The molecule has 0 spiro atoms. The average molecular weight is 425 g/mol. The molecule has 4 N–H and O–H groups in total. The Hall–Kier alpha value is -1.64. The van der Waals surface area contributed by atoms with E-state index in [0.29, 0.717) is 28.9 Å². The number of anilines is 1. The molecule has 0 unspecified atom stereocenters. The number of hydrogen-bond acceptors (Lipinski definition) is 6. The SMILES string of the molecule is Cl.Cl.Cl.NC[C@@H](Nc1ccc(Cl)cc1)c1nc(-c2ccncn2)n[nH]1. The van der Waals surface area contributed by atoms with Gasteiger partial charge in [-0.2, -0.15) is 5.10 Å². The van der Waals surface area contributed by atoms with Crippen LogP contribution in [-0.2, 0) is 0 Å². The number of aromatic amines is 1. The predicted octanol–water partition coefficient (Wildman–Crippen LogP) is 3.29.